The zero-order valence-electron chi connectivity index (χ0n) is 9.59. The van der Waals surface area contributed by atoms with Gasteiger partial charge in [-0.1, -0.05) is 6.92 Å². The van der Waals surface area contributed by atoms with Gasteiger partial charge < -0.3 is 4.90 Å². The smallest absolute Gasteiger partial charge is 0.225 e. The molecule has 0 aliphatic heterocycles. The van der Waals surface area contributed by atoms with Crippen molar-refractivity contribution in [3.63, 3.8) is 0 Å². The molecule has 0 N–H and O–H groups in total. The monoisotopic (exact) mass is 219 g/mol. The highest BCUT2D eigenvalue weighted by Crippen LogP contribution is 2.30. The van der Waals surface area contributed by atoms with E-state index in [2.05, 4.69) is 21.8 Å². The number of anilines is 1. The van der Waals surface area contributed by atoms with E-state index in [1.807, 2.05) is 0 Å². The predicted molar refractivity (Wildman–Crippen MR) is 62.6 cm³/mol. The summed E-state index contributed by atoms with van der Waals surface area (Å²) in [6.07, 6.45) is 7.69. The molecule has 1 aromatic heterocycles. The molecular formula is C12H17N3O. The standard InChI is InChI=1S/C12H17N3O/c1-2-5-15(8-10-3-4-10)12-13-6-11(9-16)7-14-12/h6-7,9-10H,2-5,8H2,1H3. The summed E-state index contributed by atoms with van der Waals surface area (Å²) in [4.78, 5) is 21.2. The van der Waals surface area contributed by atoms with E-state index in [1.165, 1.54) is 12.8 Å². The summed E-state index contributed by atoms with van der Waals surface area (Å²) in [5.74, 6) is 1.57. The average molecular weight is 219 g/mol. The van der Waals surface area contributed by atoms with E-state index in [1.54, 1.807) is 12.4 Å². The van der Waals surface area contributed by atoms with E-state index in [0.29, 0.717) is 5.56 Å². The quantitative estimate of drug-likeness (QED) is 0.686. The van der Waals surface area contributed by atoms with Gasteiger partial charge in [-0.15, -0.1) is 0 Å². The number of aldehydes is 1. The number of carbonyl (C=O) groups excluding carboxylic acids is 1. The molecule has 4 nitrogen and oxygen atoms in total. The first kappa shape index (κ1) is 11.0. The molecule has 0 atom stereocenters. The summed E-state index contributed by atoms with van der Waals surface area (Å²) >= 11 is 0. The first-order chi connectivity index (χ1) is 7.83. The third-order valence-electron chi connectivity index (χ3n) is 2.75. The van der Waals surface area contributed by atoms with Crippen molar-refractivity contribution in [3.8, 4) is 0 Å². The number of hydrogen-bond acceptors (Lipinski definition) is 4. The zero-order chi connectivity index (χ0) is 11.4. The summed E-state index contributed by atoms with van der Waals surface area (Å²) < 4.78 is 0. The Morgan fingerprint density at radius 1 is 1.44 bits per heavy atom. The topological polar surface area (TPSA) is 46.1 Å². The summed E-state index contributed by atoms with van der Waals surface area (Å²) in [5.41, 5.74) is 0.534. The van der Waals surface area contributed by atoms with E-state index >= 15 is 0 Å². The average Bonchev–Trinajstić information content (AvgIpc) is 3.13. The van der Waals surface area contributed by atoms with Crippen LogP contribution < -0.4 is 4.90 Å². The molecule has 0 bridgehead atoms. The van der Waals surface area contributed by atoms with Gasteiger partial charge in [-0.05, 0) is 25.2 Å². The molecule has 0 saturated heterocycles. The predicted octanol–water partition coefficient (Wildman–Crippen LogP) is 1.92. The van der Waals surface area contributed by atoms with Gasteiger partial charge in [-0.2, -0.15) is 0 Å². The van der Waals surface area contributed by atoms with E-state index in [4.69, 9.17) is 0 Å². The fraction of sp³-hybridized carbons (Fsp3) is 0.583. The molecule has 0 spiro atoms. The van der Waals surface area contributed by atoms with Crippen LogP contribution in [-0.4, -0.2) is 29.3 Å². The molecule has 86 valence electrons. The Morgan fingerprint density at radius 2 is 2.12 bits per heavy atom. The first-order valence-corrected chi connectivity index (χ1v) is 5.85. The molecule has 4 heteroatoms. The normalized spacial score (nSPS) is 14.8. The Bertz CT molecular complexity index is 346. The lowest BCUT2D eigenvalue weighted by Crippen LogP contribution is -2.28. The Labute approximate surface area is 95.7 Å². The third-order valence-corrected chi connectivity index (χ3v) is 2.75. The second-order valence-electron chi connectivity index (χ2n) is 4.32. The minimum absolute atomic E-state index is 0.534. The minimum Gasteiger partial charge on any atom is -0.341 e. The van der Waals surface area contributed by atoms with Crippen LogP contribution in [0.4, 0.5) is 5.95 Å². The number of hydrogen-bond donors (Lipinski definition) is 0. The molecule has 1 fully saturated rings. The largest absolute Gasteiger partial charge is 0.341 e. The Hall–Kier alpha value is -1.45. The molecule has 0 aromatic carbocycles. The summed E-state index contributed by atoms with van der Waals surface area (Å²) in [7, 11) is 0. The van der Waals surface area contributed by atoms with Gasteiger partial charge in [-0.25, -0.2) is 9.97 Å². The summed E-state index contributed by atoms with van der Waals surface area (Å²) in [5, 5.41) is 0. The molecule has 0 amide bonds. The van der Waals surface area contributed by atoms with Crippen molar-refractivity contribution >= 4 is 12.2 Å². The highest BCUT2D eigenvalue weighted by molar-refractivity contribution is 5.73. The Kier molecular flexibility index (Phi) is 3.49. The lowest BCUT2D eigenvalue weighted by atomic mass is 10.3. The van der Waals surface area contributed by atoms with Gasteiger partial charge in [0.15, 0.2) is 6.29 Å². The van der Waals surface area contributed by atoms with Crippen molar-refractivity contribution in [3.05, 3.63) is 18.0 Å². The van der Waals surface area contributed by atoms with Crippen molar-refractivity contribution in [2.45, 2.75) is 26.2 Å². The molecule has 0 radical (unpaired) electrons. The number of nitrogens with zero attached hydrogens (tertiary/aromatic N) is 3. The van der Waals surface area contributed by atoms with E-state index in [9.17, 15) is 4.79 Å². The molecule has 0 unspecified atom stereocenters. The molecule has 1 heterocycles. The van der Waals surface area contributed by atoms with Gasteiger partial charge >= 0.3 is 0 Å². The fourth-order valence-corrected chi connectivity index (χ4v) is 1.71. The number of rotatable bonds is 6. The van der Waals surface area contributed by atoms with Gasteiger partial charge in [0.2, 0.25) is 5.95 Å². The van der Waals surface area contributed by atoms with Crippen LogP contribution in [0.3, 0.4) is 0 Å². The highest BCUT2D eigenvalue weighted by atomic mass is 16.1. The molecule has 1 aliphatic carbocycles. The van der Waals surface area contributed by atoms with Crippen molar-refractivity contribution in [2.24, 2.45) is 5.92 Å². The third kappa shape index (κ3) is 2.78. The molecular weight excluding hydrogens is 202 g/mol. The van der Waals surface area contributed by atoms with Crippen LogP contribution in [-0.2, 0) is 0 Å². The molecule has 16 heavy (non-hydrogen) atoms. The van der Waals surface area contributed by atoms with Crippen LogP contribution in [0.2, 0.25) is 0 Å². The lowest BCUT2D eigenvalue weighted by Gasteiger charge is -2.21. The Morgan fingerprint density at radius 3 is 2.62 bits per heavy atom. The molecule has 2 rings (SSSR count). The fourth-order valence-electron chi connectivity index (χ4n) is 1.71. The van der Waals surface area contributed by atoms with Gasteiger partial charge in [0, 0.05) is 25.5 Å². The van der Waals surface area contributed by atoms with Crippen LogP contribution >= 0.6 is 0 Å². The van der Waals surface area contributed by atoms with E-state index in [0.717, 1.165) is 37.7 Å². The SMILES string of the molecule is CCCN(CC1CC1)c1ncc(C=O)cn1. The van der Waals surface area contributed by atoms with E-state index < -0.39 is 0 Å². The summed E-state index contributed by atoms with van der Waals surface area (Å²) in [6.45, 7) is 4.19. The maximum atomic E-state index is 10.5. The van der Waals surface area contributed by atoms with Crippen molar-refractivity contribution in [1.29, 1.82) is 0 Å². The number of carbonyl (C=O) groups is 1. The number of aromatic nitrogens is 2. The van der Waals surface area contributed by atoms with Crippen molar-refractivity contribution in [2.75, 3.05) is 18.0 Å². The summed E-state index contributed by atoms with van der Waals surface area (Å²) in [6, 6.07) is 0. The van der Waals surface area contributed by atoms with Gasteiger partial charge in [0.05, 0.1) is 5.56 Å². The van der Waals surface area contributed by atoms with Gasteiger partial charge in [0.25, 0.3) is 0 Å². The Balaban J connectivity index is 2.06. The lowest BCUT2D eigenvalue weighted by molar-refractivity contribution is 0.112. The van der Waals surface area contributed by atoms with Crippen molar-refractivity contribution in [1.82, 2.24) is 9.97 Å². The maximum absolute atomic E-state index is 10.5. The second kappa shape index (κ2) is 5.05. The molecule has 1 aliphatic rings. The van der Waals surface area contributed by atoms with Crippen LogP contribution in [0.15, 0.2) is 12.4 Å². The van der Waals surface area contributed by atoms with Gasteiger partial charge in [-0.3, -0.25) is 4.79 Å². The maximum Gasteiger partial charge on any atom is 0.225 e. The van der Waals surface area contributed by atoms with Crippen LogP contribution in [0.25, 0.3) is 0 Å². The van der Waals surface area contributed by atoms with E-state index in [-0.39, 0.29) is 0 Å². The first-order valence-electron chi connectivity index (χ1n) is 5.85. The van der Waals surface area contributed by atoms with Crippen molar-refractivity contribution < 1.29 is 4.79 Å². The highest BCUT2D eigenvalue weighted by Gasteiger charge is 2.25. The van der Waals surface area contributed by atoms with Crippen LogP contribution in [0, 0.1) is 5.92 Å². The molecule has 1 saturated carbocycles. The van der Waals surface area contributed by atoms with Crippen LogP contribution in [0.5, 0.6) is 0 Å². The second-order valence-corrected chi connectivity index (χ2v) is 4.32. The van der Waals surface area contributed by atoms with Gasteiger partial charge in [0.1, 0.15) is 0 Å². The minimum atomic E-state index is 0.534. The zero-order valence-corrected chi connectivity index (χ0v) is 9.59. The van der Waals surface area contributed by atoms with Crippen LogP contribution in [0.1, 0.15) is 36.5 Å². The molecule has 1 aromatic rings.